The zero-order valence-electron chi connectivity index (χ0n) is 16.3. The van der Waals surface area contributed by atoms with Crippen LogP contribution in [0, 0.1) is 24.1 Å². The molecule has 0 spiro atoms. The summed E-state index contributed by atoms with van der Waals surface area (Å²) in [7, 11) is 1.33. The number of halogens is 6. The quantitative estimate of drug-likeness (QED) is 0.627. The lowest BCUT2D eigenvalue weighted by Gasteiger charge is -2.29. The van der Waals surface area contributed by atoms with E-state index in [1.807, 2.05) is 0 Å². The van der Waals surface area contributed by atoms with Crippen LogP contribution in [-0.4, -0.2) is 36.2 Å². The summed E-state index contributed by atoms with van der Waals surface area (Å²) in [5.41, 5.74) is -3.26. The molecule has 3 rings (SSSR count). The van der Waals surface area contributed by atoms with Crippen molar-refractivity contribution in [1.82, 2.24) is 4.98 Å². The van der Waals surface area contributed by atoms with Crippen LogP contribution in [0.1, 0.15) is 17.7 Å². The van der Waals surface area contributed by atoms with Gasteiger partial charge in [0.25, 0.3) is 0 Å². The van der Waals surface area contributed by atoms with Crippen LogP contribution in [0.25, 0.3) is 0 Å². The molecular weight excluding hydrogens is 443 g/mol. The highest BCUT2D eigenvalue weighted by molar-refractivity contribution is 6.31. The summed E-state index contributed by atoms with van der Waals surface area (Å²) in [6.07, 6.45) is -5.25. The molecule has 1 aliphatic heterocycles. The maximum Gasteiger partial charge on any atom is 0.416 e. The van der Waals surface area contributed by atoms with E-state index < -0.39 is 48.1 Å². The van der Waals surface area contributed by atoms with Crippen molar-refractivity contribution in [2.24, 2.45) is 0 Å². The number of anilines is 2. The van der Waals surface area contributed by atoms with Crippen molar-refractivity contribution in [2.75, 3.05) is 23.4 Å². The molecule has 0 N–H and O–H groups in total. The van der Waals surface area contributed by atoms with Crippen molar-refractivity contribution in [3.63, 3.8) is 0 Å². The maximum absolute atomic E-state index is 14.9. The Bertz CT molecular complexity index is 1070. The van der Waals surface area contributed by atoms with Gasteiger partial charge in [-0.2, -0.15) is 18.4 Å². The molecule has 1 fully saturated rings. The minimum absolute atomic E-state index is 0.0167. The van der Waals surface area contributed by atoms with Gasteiger partial charge in [-0.1, -0.05) is 11.6 Å². The summed E-state index contributed by atoms with van der Waals surface area (Å²) >= 11 is 5.75. The van der Waals surface area contributed by atoms with Gasteiger partial charge in [-0.3, -0.25) is 4.79 Å². The SMILES string of the molecule is Cc1cc(C(F)(F)F)cc(N2CC(F)(C#N)CC2C(=O)N(C)c2ccc(F)c(Cl)c2)n1. The molecule has 1 amide bonds. The third-order valence-electron chi connectivity index (χ3n) is 4.98. The van der Waals surface area contributed by atoms with Gasteiger partial charge in [0.2, 0.25) is 11.6 Å². The fourth-order valence-electron chi connectivity index (χ4n) is 3.41. The normalized spacial score (nSPS) is 21.1. The zero-order chi connectivity index (χ0) is 23.1. The van der Waals surface area contributed by atoms with Crippen LogP contribution in [0.15, 0.2) is 30.3 Å². The van der Waals surface area contributed by atoms with Gasteiger partial charge in [-0.05, 0) is 37.3 Å². The number of hydrogen-bond donors (Lipinski definition) is 0. The maximum atomic E-state index is 14.9. The van der Waals surface area contributed by atoms with Gasteiger partial charge in [0.15, 0.2) is 0 Å². The second-order valence-electron chi connectivity index (χ2n) is 7.27. The highest BCUT2D eigenvalue weighted by Crippen LogP contribution is 2.38. The number of nitrogens with zero attached hydrogens (tertiary/aromatic N) is 4. The van der Waals surface area contributed by atoms with Crippen LogP contribution in [-0.2, 0) is 11.0 Å². The van der Waals surface area contributed by atoms with E-state index in [9.17, 15) is 32.0 Å². The summed E-state index contributed by atoms with van der Waals surface area (Å²) in [5, 5.41) is 8.97. The van der Waals surface area contributed by atoms with E-state index in [-0.39, 0.29) is 22.2 Å². The second kappa shape index (κ2) is 7.96. The van der Waals surface area contributed by atoms with Crippen molar-refractivity contribution >= 4 is 29.0 Å². The van der Waals surface area contributed by atoms with E-state index in [4.69, 9.17) is 11.6 Å². The lowest BCUT2D eigenvalue weighted by Crippen LogP contribution is -2.44. The fraction of sp³-hybridized carbons (Fsp3) is 0.350. The molecule has 2 atom stereocenters. The predicted octanol–water partition coefficient (Wildman–Crippen LogP) is 4.67. The molecule has 0 saturated carbocycles. The van der Waals surface area contributed by atoms with Crippen LogP contribution in [0.5, 0.6) is 0 Å². The Morgan fingerprint density at radius 1 is 1.35 bits per heavy atom. The van der Waals surface area contributed by atoms with Gasteiger partial charge in [-0.15, -0.1) is 0 Å². The highest BCUT2D eigenvalue weighted by atomic mass is 35.5. The molecular formula is C20H16ClF5N4O. The largest absolute Gasteiger partial charge is 0.416 e. The number of pyridine rings is 1. The summed E-state index contributed by atoms with van der Waals surface area (Å²) in [5.74, 6) is -1.69. The number of carbonyl (C=O) groups excluding carboxylic acids is 1. The molecule has 1 aliphatic rings. The number of nitriles is 1. The first kappa shape index (κ1) is 22.7. The van der Waals surface area contributed by atoms with E-state index in [1.54, 1.807) is 0 Å². The molecule has 0 aliphatic carbocycles. The Kier molecular flexibility index (Phi) is 5.84. The molecule has 31 heavy (non-hydrogen) atoms. The molecule has 164 valence electrons. The average Bonchev–Trinajstić information content (AvgIpc) is 3.06. The van der Waals surface area contributed by atoms with Gasteiger partial charge in [0.05, 0.1) is 17.1 Å². The number of aromatic nitrogens is 1. The van der Waals surface area contributed by atoms with Crippen LogP contribution in [0.3, 0.4) is 0 Å². The van der Waals surface area contributed by atoms with Gasteiger partial charge >= 0.3 is 6.18 Å². The number of benzene rings is 1. The monoisotopic (exact) mass is 458 g/mol. The molecule has 1 saturated heterocycles. The van der Waals surface area contributed by atoms with E-state index >= 15 is 0 Å². The number of alkyl halides is 4. The third kappa shape index (κ3) is 4.56. The summed E-state index contributed by atoms with van der Waals surface area (Å²) in [6, 6.07) is 5.22. The highest BCUT2D eigenvalue weighted by Gasteiger charge is 2.50. The topological polar surface area (TPSA) is 60.2 Å². The molecule has 0 radical (unpaired) electrons. The minimum atomic E-state index is -4.68. The molecule has 2 heterocycles. The lowest BCUT2D eigenvalue weighted by atomic mass is 10.0. The van der Waals surface area contributed by atoms with Gasteiger partial charge < -0.3 is 9.80 Å². The number of amides is 1. The Morgan fingerprint density at radius 3 is 2.61 bits per heavy atom. The molecule has 5 nitrogen and oxygen atoms in total. The molecule has 1 aromatic carbocycles. The summed E-state index contributed by atoms with van der Waals surface area (Å²) in [6.45, 7) is 0.705. The minimum Gasteiger partial charge on any atom is -0.340 e. The number of likely N-dealkylation sites (N-methyl/N-ethyl adjacent to an activating group) is 1. The molecule has 0 bridgehead atoms. The first-order valence-corrected chi connectivity index (χ1v) is 9.38. The Hall–Kier alpha value is -2.93. The Balaban J connectivity index is 2.01. The summed E-state index contributed by atoms with van der Waals surface area (Å²) in [4.78, 5) is 19.3. The van der Waals surface area contributed by atoms with Crippen LogP contribution in [0.2, 0.25) is 5.02 Å². The van der Waals surface area contributed by atoms with Crippen molar-refractivity contribution in [3.8, 4) is 6.07 Å². The molecule has 2 aromatic rings. The van der Waals surface area contributed by atoms with Gasteiger partial charge in [-0.25, -0.2) is 13.8 Å². The standard InChI is InChI=1S/C20H16ClF5N4O/c1-11-5-12(20(24,25)26)6-17(28-11)30-10-19(23,9-27)8-16(30)18(31)29(2)13-3-4-15(22)14(21)7-13/h3-7,16H,8,10H2,1-2H3. The predicted molar refractivity (Wildman–Crippen MR) is 104 cm³/mol. The van der Waals surface area contributed by atoms with Crippen molar-refractivity contribution in [2.45, 2.75) is 31.2 Å². The van der Waals surface area contributed by atoms with Gasteiger partial charge in [0.1, 0.15) is 23.7 Å². The van der Waals surface area contributed by atoms with Crippen molar-refractivity contribution < 1.29 is 26.7 Å². The first-order valence-electron chi connectivity index (χ1n) is 9.00. The Labute approximate surface area is 179 Å². The van der Waals surface area contributed by atoms with E-state index in [0.717, 1.165) is 21.9 Å². The van der Waals surface area contributed by atoms with Crippen LogP contribution >= 0.6 is 11.6 Å². The number of hydrogen-bond acceptors (Lipinski definition) is 4. The first-order chi connectivity index (χ1) is 14.3. The van der Waals surface area contributed by atoms with Crippen LogP contribution < -0.4 is 9.80 Å². The number of rotatable bonds is 3. The summed E-state index contributed by atoms with van der Waals surface area (Å²) < 4.78 is 68.1. The van der Waals surface area contributed by atoms with Gasteiger partial charge in [0, 0.05) is 24.8 Å². The molecule has 2 unspecified atom stereocenters. The molecule has 1 aromatic heterocycles. The average molecular weight is 459 g/mol. The third-order valence-corrected chi connectivity index (χ3v) is 5.27. The van der Waals surface area contributed by atoms with Crippen molar-refractivity contribution in [1.29, 1.82) is 5.26 Å². The number of carbonyl (C=O) groups is 1. The van der Waals surface area contributed by atoms with E-state index in [1.165, 1.54) is 32.2 Å². The number of aryl methyl sites for hydroxylation is 1. The fourth-order valence-corrected chi connectivity index (χ4v) is 3.58. The van der Waals surface area contributed by atoms with Crippen LogP contribution in [0.4, 0.5) is 33.5 Å². The van der Waals surface area contributed by atoms with E-state index in [2.05, 4.69) is 4.98 Å². The second-order valence-corrected chi connectivity index (χ2v) is 7.68. The zero-order valence-corrected chi connectivity index (χ0v) is 17.1. The molecule has 11 heteroatoms. The smallest absolute Gasteiger partial charge is 0.340 e. The lowest BCUT2D eigenvalue weighted by molar-refractivity contribution is -0.137. The Morgan fingerprint density at radius 2 is 2.03 bits per heavy atom. The van der Waals surface area contributed by atoms with Crippen molar-refractivity contribution in [3.05, 3.63) is 52.4 Å². The van der Waals surface area contributed by atoms with E-state index in [0.29, 0.717) is 6.07 Å².